The third-order valence-corrected chi connectivity index (χ3v) is 2.92. The van der Waals surface area contributed by atoms with Gasteiger partial charge in [-0.1, -0.05) is 12.1 Å². The van der Waals surface area contributed by atoms with Gasteiger partial charge in [-0.05, 0) is 17.7 Å². The molecule has 0 spiro atoms. The topological polar surface area (TPSA) is 80.9 Å². The van der Waals surface area contributed by atoms with Gasteiger partial charge in [0.05, 0.1) is 12.7 Å². The van der Waals surface area contributed by atoms with E-state index in [2.05, 4.69) is 9.97 Å². The number of rotatable bonds is 3. The van der Waals surface area contributed by atoms with Crippen molar-refractivity contribution < 1.29 is 4.42 Å². The zero-order valence-electron chi connectivity index (χ0n) is 10.4. The summed E-state index contributed by atoms with van der Waals surface area (Å²) < 4.78 is 6.33. The average molecular weight is 269 g/mol. The van der Waals surface area contributed by atoms with Gasteiger partial charge in [0.1, 0.15) is 6.26 Å². The second-order valence-corrected chi connectivity index (χ2v) is 4.24. The van der Waals surface area contributed by atoms with Crippen LogP contribution < -0.4 is 11.2 Å². The highest BCUT2D eigenvalue weighted by molar-refractivity contribution is 5.53. The van der Waals surface area contributed by atoms with Gasteiger partial charge in [0.25, 0.3) is 5.56 Å². The summed E-state index contributed by atoms with van der Waals surface area (Å²) in [6.07, 6.45) is 4.42. The minimum atomic E-state index is -0.422. The predicted octanol–water partition coefficient (Wildman–Crippen LogP) is 1.24. The Morgan fingerprint density at radius 1 is 1.15 bits per heavy atom. The van der Waals surface area contributed by atoms with Gasteiger partial charge in [-0.3, -0.25) is 9.36 Å². The van der Waals surface area contributed by atoms with Gasteiger partial charge in [0, 0.05) is 17.8 Å². The van der Waals surface area contributed by atoms with E-state index in [0.29, 0.717) is 5.89 Å². The monoisotopic (exact) mass is 269 g/mol. The number of benzene rings is 1. The molecule has 6 heteroatoms. The van der Waals surface area contributed by atoms with Crippen LogP contribution in [0.1, 0.15) is 5.56 Å². The highest BCUT2D eigenvalue weighted by Gasteiger charge is 2.04. The number of aromatic nitrogens is 3. The first-order chi connectivity index (χ1) is 9.74. The third kappa shape index (κ3) is 2.31. The Kier molecular flexibility index (Phi) is 3.04. The van der Waals surface area contributed by atoms with Gasteiger partial charge in [0.15, 0.2) is 0 Å². The lowest BCUT2D eigenvalue weighted by molar-refractivity contribution is 0.574. The second kappa shape index (κ2) is 5.00. The van der Waals surface area contributed by atoms with Crippen LogP contribution in [0.3, 0.4) is 0 Å². The number of H-pyrrole nitrogens is 1. The molecule has 0 fully saturated rings. The van der Waals surface area contributed by atoms with E-state index in [4.69, 9.17) is 4.42 Å². The molecular weight excluding hydrogens is 258 g/mol. The zero-order valence-corrected chi connectivity index (χ0v) is 10.4. The largest absolute Gasteiger partial charge is 0.445 e. The van der Waals surface area contributed by atoms with Crippen LogP contribution in [-0.2, 0) is 6.54 Å². The number of nitrogens with zero attached hydrogens (tertiary/aromatic N) is 2. The molecule has 0 radical (unpaired) electrons. The van der Waals surface area contributed by atoms with E-state index in [-0.39, 0.29) is 12.1 Å². The smallest absolute Gasteiger partial charge is 0.328 e. The Morgan fingerprint density at radius 2 is 1.95 bits per heavy atom. The maximum Gasteiger partial charge on any atom is 0.328 e. The van der Waals surface area contributed by atoms with Gasteiger partial charge in [0.2, 0.25) is 5.89 Å². The molecule has 3 aromatic rings. The molecule has 6 nitrogen and oxygen atoms in total. The molecule has 2 heterocycles. The summed E-state index contributed by atoms with van der Waals surface area (Å²) in [7, 11) is 0. The number of hydrogen-bond acceptors (Lipinski definition) is 4. The highest BCUT2D eigenvalue weighted by Crippen LogP contribution is 2.17. The van der Waals surface area contributed by atoms with Crippen LogP contribution in [0.15, 0.2) is 63.0 Å². The van der Waals surface area contributed by atoms with Gasteiger partial charge >= 0.3 is 5.69 Å². The molecule has 0 unspecified atom stereocenters. The summed E-state index contributed by atoms with van der Waals surface area (Å²) in [5.41, 5.74) is 0.937. The van der Waals surface area contributed by atoms with Crippen LogP contribution in [-0.4, -0.2) is 14.5 Å². The van der Waals surface area contributed by atoms with Gasteiger partial charge in [-0.2, -0.15) is 0 Å². The van der Waals surface area contributed by atoms with Crippen molar-refractivity contribution in [2.75, 3.05) is 0 Å². The van der Waals surface area contributed by atoms with Crippen LogP contribution in [0.2, 0.25) is 0 Å². The predicted molar refractivity (Wildman–Crippen MR) is 72.4 cm³/mol. The molecule has 0 saturated heterocycles. The number of nitrogens with one attached hydrogen (secondary N) is 1. The molecular formula is C14H11N3O3. The first-order valence-corrected chi connectivity index (χ1v) is 6.01. The Balaban J connectivity index is 1.89. The molecule has 0 amide bonds. The van der Waals surface area contributed by atoms with Crippen LogP contribution in [0.25, 0.3) is 11.5 Å². The van der Waals surface area contributed by atoms with Crippen molar-refractivity contribution >= 4 is 0 Å². The maximum absolute atomic E-state index is 11.6. The fourth-order valence-corrected chi connectivity index (χ4v) is 1.90. The van der Waals surface area contributed by atoms with Crippen LogP contribution in [0, 0.1) is 0 Å². The van der Waals surface area contributed by atoms with E-state index in [1.165, 1.54) is 18.5 Å². The molecule has 1 aromatic carbocycles. The van der Waals surface area contributed by atoms with Gasteiger partial charge in [-0.25, -0.2) is 9.78 Å². The summed E-state index contributed by atoms with van der Waals surface area (Å²) in [5.74, 6) is 0.534. The summed E-state index contributed by atoms with van der Waals surface area (Å²) >= 11 is 0. The first kappa shape index (κ1) is 12.2. The Morgan fingerprint density at radius 3 is 2.60 bits per heavy atom. The van der Waals surface area contributed by atoms with Crippen LogP contribution in [0.4, 0.5) is 0 Å². The van der Waals surface area contributed by atoms with Crippen molar-refractivity contribution in [3.63, 3.8) is 0 Å². The highest BCUT2D eigenvalue weighted by atomic mass is 16.3. The lowest BCUT2D eigenvalue weighted by Crippen LogP contribution is -2.34. The van der Waals surface area contributed by atoms with E-state index in [0.717, 1.165) is 15.7 Å². The van der Waals surface area contributed by atoms with Crippen molar-refractivity contribution in [3.05, 3.63) is 75.4 Å². The number of aromatic amines is 1. The molecule has 2 aromatic heterocycles. The van der Waals surface area contributed by atoms with Crippen molar-refractivity contribution in [1.29, 1.82) is 0 Å². The molecule has 0 saturated carbocycles. The van der Waals surface area contributed by atoms with Crippen LogP contribution in [0.5, 0.6) is 0 Å². The summed E-state index contributed by atoms with van der Waals surface area (Å²) in [6.45, 7) is 0.223. The molecule has 3 rings (SSSR count). The zero-order chi connectivity index (χ0) is 13.9. The molecule has 0 aliphatic rings. The Labute approximate surface area is 113 Å². The molecule has 20 heavy (non-hydrogen) atoms. The average Bonchev–Trinajstić information content (AvgIpc) is 2.98. The quantitative estimate of drug-likeness (QED) is 0.775. The van der Waals surface area contributed by atoms with Gasteiger partial charge in [-0.15, -0.1) is 0 Å². The van der Waals surface area contributed by atoms with E-state index in [9.17, 15) is 9.59 Å². The van der Waals surface area contributed by atoms with E-state index >= 15 is 0 Å². The first-order valence-electron chi connectivity index (χ1n) is 6.01. The molecule has 0 aliphatic heterocycles. The number of oxazole rings is 1. The van der Waals surface area contributed by atoms with Crippen molar-refractivity contribution in [1.82, 2.24) is 14.5 Å². The van der Waals surface area contributed by atoms with E-state index in [1.54, 1.807) is 6.20 Å². The fraction of sp³-hybridized carbons (Fsp3) is 0.0714. The lowest BCUT2D eigenvalue weighted by Gasteiger charge is -2.04. The molecule has 1 N–H and O–H groups in total. The second-order valence-electron chi connectivity index (χ2n) is 4.24. The van der Waals surface area contributed by atoms with Crippen molar-refractivity contribution in [2.45, 2.75) is 6.54 Å². The molecule has 100 valence electrons. The fourth-order valence-electron chi connectivity index (χ4n) is 1.90. The number of hydrogen-bond donors (Lipinski definition) is 1. The third-order valence-electron chi connectivity index (χ3n) is 2.92. The summed E-state index contributed by atoms with van der Waals surface area (Å²) in [6, 6.07) is 8.66. The minimum Gasteiger partial charge on any atom is -0.445 e. The van der Waals surface area contributed by atoms with Crippen molar-refractivity contribution in [2.24, 2.45) is 0 Å². The molecule has 0 atom stereocenters. The minimum absolute atomic E-state index is 0.223. The maximum atomic E-state index is 11.6. The van der Waals surface area contributed by atoms with Gasteiger partial charge < -0.3 is 9.40 Å². The Bertz CT molecular complexity index is 786. The van der Waals surface area contributed by atoms with Crippen molar-refractivity contribution in [3.8, 4) is 11.5 Å². The summed E-state index contributed by atoms with van der Waals surface area (Å²) in [5, 5.41) is 0. The molecule has 0 aliphatic carbocycles. The lowest BCUT2D eigenvalue weighted by atomic mass is 10.1. The normalized spacial score (nSPS) is 10.6. The Hall–Kier alpha value is -2.89. The summed E-state index contributed by atoms with van der Waals surface area (Å²) in [4.78, 5) is 29.7. The van der Waals surface area contributed by atoms with E-state index < -0.39 is 5.69 Å². The van der Waals surface area contributed by atoms with Crippen LogP contribution >= 0.6 is 0 Å². The molecule has 0 bridgehead atoms. The van der Waals surface area contributed by atoms with E-state index in [1.807, 2.05) is 24.3 Å². The SMILES string of the molecule is O=c1cc[nH]c(=O)n1Cc1ccc(-c2ncco2)cc1. The standard InChI is InChI=1S/C14H11N3O3/c18-12-5-6-16-14(19)17(12)9-10-1-3-11(4-2-10)13-15-7-8-20-13/h1-8H,9H2,(H,16,19).